The highest BCUT2D eigenvalue weighted by Gasteiger charge is 2.33. The predicted octanol–water partition coefficient (Wildman–Crippen LogP) is 5.86. The minimum absolute atomic E-state index is 0.0258. The number of likely N-dealkylation sites (N-methyl/N-ethyl adjacent to an activating group) is 1. The van der Waals surface area contributed by atoms with Crippen molar-refractivity contribution in [2.24, 2.45) is 0 Å². The molecule has 2 aliphatic rings. The van der Waals surface area contributed by atoms with Crippen LogP contribution in [0.25, 0.3) is 32.9 Å². The molecular weight excluding hydrogens is 652 g/mol. The Morgan fingerprint density at radius 2 is 1.82 bits per heavy atom. The summed E-state index contributed by atoms with van der Waals surface area (Å²) < 4.78 is 42.6. The van der Waals surface area contributed by atoms with Crippen LogP contribution in [0.5, 0.6) is 6.01 Å². The molecule has 0 saturated carbocycles. The van der Waals surface area contributed by atoms with Gasteiger partial charge in [0, 0.05) is 50.0 Å². The Morgan fingerprint density at radius 1 is 1.02 bits per heavy atom. The van der Waals surface area contributed by atoms with Gasteiger partial charge in [0.15, 0.2) is 5.82 Å². The number of nitriles is 1. The number of piperazine rings is 1. The van der Waals surface area contributed by atoms with E-state index >= 15 is 4.39 Å². The van der Waals surface area contributed by atoms with Gasteiger partial charge in [0.05, 0.1) is 24.4 Å². The molecule has 5 aromatic rings. The fraction of sp³-hybridized carbons (Fsp3) is 0.359. The maximum Gasteiger partial charge on any atom is 0.320 e. The molecule has 0 N–H and O–H groups in total. The lowest BCUT2D eigenvalue weighted by molar-refractivity contribution is -0.147. The number of hydrogen-bond donors (Lipinski definition) is 0. The second kappa shape index (κ2) is 14.9. The van der Waals surface area contributed by atoms with Gasteiger partial charge in [-0.25, -0.2) is 8.78 Å². The van der Waals surface area contributed by atoms with E-state index in [1.807, 2.05) is 95.4 Å². The number of nitrogens with zero attached hydrogens (tertiary/aromatic N) is 7. The van der Waals surface area contributed by atoms with Gasteiger partial charge in [0.2, 0.25) is 0 Å². The van der Waals surface area contributed by atoms with Crippen LogP contribution >= 0.6 is 0 Å². The second-order valence-electron chi connectivity index (χ2n) is 13.3. The predicted molar refractivity (Wildman–Crippen MR) is 190 cm³/mol. The number of halogens is 2. The smallest absolute Gasteiger partial charge is 0.320 e. The van der Waals surface area contributed by atoms with Crippen LogP contribution < -0.4 is 9.64 Å². The zero-order chi connectivity index (χ0) is 35.5. The minimum Gasteiger partial charge on any atom is -0.462 e. The molecule has 2 fully saturated rings. The third kappa shape index (κ3) is 7.31. The maximum atomic E-state index is 16.8. The number of ether oxygens (including phenoxy) is 2. The number of aromatic nitrogens is 3. The first kappa shape index (κ1) is 34.2. The molecule has 2 saturated heterocycles. The van der Waals surface area contributed by atoms with Crippen molar-refractivity contribution in [2.45, 2.75) is 44.6 Å². The van der Waals surface area contributed by atoms with Crippen LogP contribution in [0.15, 0.2) is 72.9 Å². The number of benzene rings is 3. The quantitative estimate of drug-likeness (QED) is 0.165. The van der Waals surface area contributed by atoms with Crippen LogP contribution in [0.3, 0.4) is 0 Å². The summed E-state index contributed by atoms with van der Waals surface area (Å²) in [5.74, 6) is -0.570. The van der Waals surface area contributed by atoms with E-state index in [0.717, 1.165) is 21.9 Å². The van der Waals surface area contributed by atoms with Crippen molar-refractivity contribution in [3.8, 4) is 23.3 Å². The summed E-state index contributed by atoms with van der Waals surface area (Å²) >= 11 is 0. The Bertz CT molecular complexity index is 2090. The van der Waals surface area contributed by atoms with Crippen LogP contribution in [-0.4, -0.2) is 95.4 Å². The fourth-order valence-corrected chi connectivity index (χ4v) is 7.16. The van der Waals surface area contributed by atoms with Gasteiger partial charge in [-0.3, -0.25) is 19.6 Å². The number of carbonyl (C=O) groups excluding carboxylic acids is 1. The summed E-state index contributed by atoms with van der Waals surface area (Å²) in [5, 5.41) is 12.0. The number of carbonyl (C=O) groups is 1. The molecule has 0 radical (unpaired) electrons. The van der Waals surface area contributed by atoms with Gasteiger partial charge in [-0.2, -0.15) is 15.2 Å². The van der Waals surface area contributed by atoms with Gasteiger partial charge in [0.25, 0.3) is 0 Å². The lowest BCUT2D eigenvalue weighted by atomic mass is 9.97. The van der Waals surface area contributed by atoms with E-state index in [1.54, 1.807) is 6.20 Å². The van der Waals surface area contributed by atoms with Crippen LogP contribution in [0.4, 0.5) is 14.6 Å². The standard InChI is InChI=1S/C39H39F2N7O3/c1-25-8-6-11-27-12-7-13-31(34(25)27)36-35(41)37-32(19-43-36)38(45-39(44-37)51-24-30-18-28(40)20-46(30)2)48-17-16-47(29(21-48)14-15-42)22-33(49)50-23-26-9-4-3-5-10-26/h3-13,19,28-30H,14,16-18,20-24H2,1-2H3/t28-,29+,30+/m1/s1. The molecule has 10 nitrogen and oxygen atoms in total. The Labute approximate surface area is 295 Å². The molecule has 0 spiro atoms. The molecule has 4 heterocycles. The Balaban J connectivity index is 1.21. The fourth-order valence-electron chi connectivity index (χ4n) is 7.16. The first-order chi connectivity index (χ1) is 24.8. The number of alkyl halides is 1. The molecule has 3 atom stereocenters. The number of fused-ring (bicyclic) bond motifs is 2. The van der Waals surface area contributed by atoms with Gasteiger partial charge in [-0.15, -0.1) is 0 Å². The molecule has 2 aromatic heterocycles. The first-order valence-corrected chi connectivity index (χ1v) is 17.2. The third-order valence-corrected chi connectivity index (χ3v) is 9.86. The summed E-state index contributed by atoms with van der Waals surface area (Å²) in [6, 6.07) is 22.8. The summed E-state index contributed by atoms with van der Waals surface area (Å²) in [6.07, 6.45) is 1.13. The average Bonchev–Trinajstić information content (AvgIpc) is 3.47. The van der Waals surface area contributed by atoms with E-state index in [1.165, 1.54) is 0 Å². The van der Waals surface area contributed by atoms with Crippen molar-refractivity contribution in [3.05, 3.63) is 89.9 Å². The van der Waals surface area contributed by atoms with E-state index in [0.29, 0.717) is 49.4 Å². The van der Waals surface area contributed by atoms with Gasteiger partial charge < -0.3 is 14.4 Å². The highest BCUT2D eigenvalue weighted by atomic mass is 19.1. The molecular formula is C39H39F2N7O3. The SMILES string of the molecule is Cc1cccc2cccc(-c3ncc4c(N5CCN(CC(=O)OCc6ccccc6)[C@@H](CC#N)C5)nc(OC[C@@H]5C[C@@H](F)CN5C)nc4c3F)c12. The Morgan fingerprint density at radius 3 is 2.59 bits per heavy atom. The highest BCUT2D eigenvalue weighted by Crippen LogP contribution is 2.36. The van der Waals surface area contributed by atoms with Gasteiger partial charge in [0.1, 0.15) is 36.4 Å². The third-order valence-electron chi connectivity index (χ3n) is 9.86. The molecule has 12 heteroatoms. The zero-order valence-electron chi connectivity index (χ0n) is 28.6. The van der Waals surface area contributed by atoms with E-state index < -0.39 is 12.0 Å². The zero-order valence-corrected chi connectivity index (χ0v) is 28.6. The lowest BCUT2D eigenvalue weighted by Crippen LogP contribution is -2.54. The summed E-state index contributed by atoms with van der Waals surface area (Å²) in [4.78, 5) is 32.6. The monoisotopic (exact) mass is 691 g/mol. The number of esters is 1. The summed E-state index contributed by atoms with van der Waals surface area (Å²) in [7, 11) is 1.84. The topological polar surface area (TPSA) is 108 Å². The normalized spacial score (nSPS) is 19.7. The van der Waals surface area contributed by atoms with Crippen LogP contribution in [0.2, 0.25) is 0 Å². The first-order valence-electron chi connectivity index (χ1n) is 17.2. The summed E-state index contributed by atoms with van der Waals surface area (Å²) in [6.45, 7) is 3.84. The van der Waals surface area contributed by atoms with Crippen molar-refractivity contribution >= 4 is 33.5 Å². The lowest BCUT2D eigenvalue weighted by Gasteiger charge is -2.40. The van der Waals surface area contributed by atoms with Crippen molar-refractivity contribution in [1.29, 1.82) is 5.26 Å². The van der Waals surface area contributed by atoms with Gasteiger partial charge >= 0.3 is 12.0 Å². The molecule has 0 aliphatic carbocycles. The molecule has 0 amide bonds. The van der Waals surface area contributed by atoms with Crippen LogP contribution in [0, 0.1) is 24.1 Å². The van der Waals surface area contributed by atoms with Crippen molar-refractivity contribution in [3.63, 3.8) is 0 Å². The number of rotatable bonds is 10. The molecule has 7 rings (SSSR count). The van der Waals surface area contributed by atoms with Crippen LogP contribution in [0.1, 0.15) is 24.0 Å². The molecule has 51 heavy (non-hydrogen) atoms. The number of likely N-dealkylation sites (tertiary alicyclic amines) is 1. The van der Waals surface area contributed by atoms with E-state index in [9.17, 15) is 14.4 Å². The second-order valence-corrected chi connectivity index (χ2v) is 13.3. The van der Waals surface area contributed by atoms with E-state index in [-0.39, 0.29) is 61.5 Å². The number of aryl methyl sites for hydroxylation is 1. The minimum atomic E-state index is -0.948. The number of anilines is 1. The summed E-state index contributed by atoms with van der Waals surface area (Å²) in [5.41, 5.74) is 2.75. The molecule has 0 bridgehead atoms. The molecule has 0 unspecified atom stereocenters. The molecule has 262 valence electrons. The van der Waals surface area contributed by atoms with Crippen molar-refractivity contribution in [2.75, 3.05) is 51.3 Å². The van der Waals surface area contributed by atoms with Gasteiger partial charge in [-0.1, -0.05) is 66.7 Å². The van der Waals surface area contributed by atoms with Crippen molar-refractivity contribution in [1.82, 2.24) is 24.8 Å². The van der Waals surface area contributed by atoms with Crippen LogP contribution in [-0.2, 0) is 16.1 Å². The average molecular weight is 692 g/mol. The number of pyridine rings is 1. The highest BCUT2D eigenvalue weighted by molar-refractivity contribution is 6.00. The molecule has 3 aromatic carbocycles. The number of hydrogen-bond acceptors (Lipinski definition) is 10. The largest absolute Gasteiger partial charge is 0.462 e. The van der Waals surface area contributed by atoms with Crippen molar-refractivity contribution < 1.29 is 23.0 Å². The molecule has 2 aliphatic heterocycles. The van der Waals surface area contributed by atoms with E-state index in [2.05, 4.69) is 16.0 Å². The van der Waals surface area contributed by atoms with Gasteiger partial charge in [-0.05, 0) is 42.3 Å². The van der Waals surface area contributed by atoms with E-state index in [4.69, 9.17) is 14.5 Å². The Kier molecular flexibility index (Phi) is 10.0. The maximum absolute atomic E-state index is 16.8. The Hall–Kier alpha value is -5.25.